The van der Waals surface area contributed by atoms with Crippen LogP contribution in [0, 0.1) is 16.0 Å². The third-order valence-electron chi connectivity index (χ3n) is 4.37. The van der Waals surface area contributed by atoms with Gasteiger partial charge in [0.1, 0.15) is 11.4 Å². The quantitative estimate of drug-likeness (QED) is 0.654. The maximum absolute atomic E-state index is 12.3. The molecule has 1 aromatic carbocycles. The fourth-order valence-electron chi connectivity index (χ4n) is 3.02. The van der Waals surface area contributed by atoms with Crippen molar-refractivity contribution in [3.05, 3.63) is 63.1 Å². The number of amides is 1. The number of pyridine rings is 1. The zero-order valence-electron chi connectivity index (χ0n) is 13.5. The van der Waals surface area contributed by atoms with Crippen molar-refractivity contribution in [3.8, 4) is 0 Å². The van der Waals surface area contributed by atoms with Gasteiger partial charge in [-0.2, -0.15) is 0 Å². The Balaban J connectivity index is 1.64. The van der Waals surface area contributed by atoms with E-state index in [0.29, 0.717) is 31.6 Å². The monoisotopic (exact) mass is 342 g/mol. The fourth-order valence-corrected chi connectivity index (χ4v) is 3.02. The molecule has 0 spiro atoms. The van der Waals surface area contributed by atoms with Gasteiger partial charge < -0.3 is 15.2 Å². The number of aromatic nitrogens is 1. The summed E-state index contributed by atoms with van der Waals surface area (Å²) in [5.41, 5.74) is 0.630. The number of nitrogens with one attached hydrogen (secondary N) is 2. The van der Waals surface area contributed by atoms with E-state index in [1.165, 1.54) is 24.5 Å². The van der Waals surface area contributed by atoms with Crippen LogP contribution in [0.1, 0.15) is 12.8 Å². The number of anilines is 2. The van der Waals surface area contributed by atoms with Gasteiger partial charge in [0.25, 0.3) is 5.69 Å². The summed E-state index contributed by atoms with van der Waals surface area (Å²) >= 11 is 0. The third-order valence-corrected chi connectivity index (χ3v) is 4.37. The van der Waals surface area contributed by atoms with Crippen LogP contribution in [-0.2, 0) is 4.79 Å². The van der Waals surface area contributed by atoms with Crippen molar-refractivity contribution in [3.63, 3.8) is 0 Å². The van der Waals surface area contributed by atoms with E-state index in [9.17, 15) is 19.7 Å². The summed E-state index contributed by atoms with van der Waals surface area (Å²) in [6, 6.07) is 7.96. The zero-order chi connectivity index (χ0) is 17.8. The van der Waals surface area contributed by atoms with Crippen molar-refractivity contribution in [1.29, 1.82) is 0 Å². The molecular weight excluding hydrogens is 324 g/mol. The van der Waals surface area contributed by atoms with Gasteiger partial charge in [0.05, 0.1) is 4.92 Å². The number of carbonyl (C=O) groups is 1. The lowest BCUT2D eigenvalue weighted by Crippen LogP contribution is -2.38. The second kappa shape index (κ2) is 7.16. The number of nitro benzene ring substituents is 1. The average molecular weight is 342 g/mol. The highest BCUT2D eigenvalue weighted by Crippen LogP contribution is 2.31. The van der Waals surface area contributed by atoms with E-state index in [2.05, 4.69) is 10.3 Å². The molecule has 2 heterocycles. The molecule has 130 valence electrons. The molecule has 0 bridgehead atoms. The standard InChI is InChI=1S/C17H18N4O4/c22-16-5-8-18-11-13(16)19-17(23)12-6-9-20(10-7-12)14-3-1-2-4-15(14)21(24)25/h1-5,8,11-12H,6-7,9-10H2,(H,18,22)(H,19,23). The van der Waals surface area contributed by atoms with Crippen molar-refractivity contribution in [1.82, 2.24) is 4.98 Å². The zero-order valence-corrected chi connectivity index (χ0v) is 13.5. The Morgan fingerprint density at radius 3 is 2.64 bits per heavy atom. The maximum atomic E-state index is 12.3. The van der Waals surface area contributed by atoms with Gasteiger partial charge >= 0.3 is 0 Å². The SMILES string of the molecule is O=C(Nc1c[nH]ccc1=O)C1CCN(c2ccccc2[N+](=O)[O-])CC1. The van der Waals surface area contributed by atoms with Crippen molar-refractivity contribution in [2.24, 2.45) is 5.92 Å². The van der Waals surface area contributed by atoms with E-state index in [1.54, 1.807) is 18.2 Å². The molecule has 25 heavy (non-hydrogen) atoms. The van der Waals surface area contributed by atoms with Crippen LogP contribution in [0.4, 0.5) is 17.1 Å². The normalized spacial score (nSPS) is 15.0. The van der Waals surface area contributed by atoms with Gasteiger partial charge in [0, 0.05) is 43.5 Å². The Hall–Kier alpha value is -3.16. The van der Waals surface area contributed by atoms with E-state index in [-0.39, 0.29) is 28.6 Å². The van der Waals surface area contributed by atoms with Gasteiger partial charge in [-0.25, -0.2) is 0 Å². The van der Waals surface area contributed by atoms with Crippen LogP contribution in [0.5, 0.6) is 0 Å². The number of H-pyrrole nitrogens is 1. The predicted molar refractivity (Wildman–Crippen MR) is 93.7 cm³/mol. The van der Waals surface area contributed by atoms with Crippen molar-refractivity contribution >= 4 is 23.0 Å². The number of hydrogen-bond acceptors (Lipinski definition) is 5. The molecule has 1 aromatic heterocycles. The Morgan fingerprint density at radius 1 is 1.24 bits per heavy atom. The number of para-hydroxylation sites is 2. The van der Waals surface area contributed by atoms with Crippen LogP contribution in [0.15, 0.2) is 47.5 Å². The van der Waals surface area contributed by atoms with Crippen LogP contribution in [0.25, 0.3) is 0 Å². The minimum atomic E-state index is -0.393. The van der Waals surface area contributed by atoms with Crippen molar-refractivity contribution in [2.45, 2.75) is 12.8 Å². The van der Waals surface area contributed by atoms with Gasteiger partial charge in [-0.1, -0.05) is 12.1 Å². The molecule has 3 rings (SSSR count). The molecule has 2 aromatic rings. The van der Waals surface area contributed by atoms with Crippen LogP contribution in [-0.4, -0.2) is 28.9 Å². The van der Waals surface area contributed by atoms with Gasteiger partial charge in [-0.05, 0) is 18.9 Å². The number of hydrogen-bond donors (Lipinski definition) is 2. The highest BCUT2D eigenvalue weighted by Gasteiger charge is 2.28. The summed E-state index contributed by atoms with van der Waals surface area (Å²) < 4.78 is 0. The highest BCUT2D eigenvalue weighted by molar-refractivity contribution is 5.92. The smallest absolute Gasteiger partial charge is 0.292 e. The molecule has 1 aliphatic rings. The molecule has 8 nitrogen and oxygen atoms in total. The first-order chi connectivity index (χ1) is 12.1. The lowest BCUT2D eigenvalue weighted by molar-refractivity contribution is -0.384. The summed E-state index contributed by atoms with van der Waals surface area (Å²) in [5.74, 6) is -0.419. The second-order valence-electron chi connectivity index (χ2n) is 5.92. The minimum Gasteiger partial charge on any atom is -0.366 e. The van der Waals surface area contributed by atoms with Crippen LogP contribution < -0.4 is 15.6 Å². The summed E-state index contributed by atoms with van der Waals surface area (Å²) in [4.78, 5) is 39.5. The molecule has 0 atom stereocenters. The molecular formula is C17H18N4O4. The highest BCUT2D eigenvalue weighted by atomic mass is 16.6. The number of nitro groups is 1. The average Bonchev–Trinajstić information content (AvgIpc) is 2.63. The molecule has 0 radical (unpaired) electrons. The Labute approximate surface area is 143 Å². The van der Waals surface area contributed by atoms with Gasteiger partial charge in [0.15, 0.2) is 0 Å². The van der Waals surface area contributed by atoms with Crippen LogP contribution in [0.3, 0.4) is 0 Å². The van der Waals surface area contributed by atoms with Crippen LogP contribution >= 0.6 is 0 Å². The molecule has 0 unspecified atom stereocenters. The molecule has 1 saturated heterocycles. The molecule has 2 N–H and O–H groups in total. The van der Waals surface area contributed by atoms with E-state index in [1.807, 2.05) is 4.90 Å². The molecule has 1 amide bonds. The molecule has 1 aliphatic heterocycles. The number of nitrogens with zero attached hydrogens (tertiary/aromatic N) is 2. The van der Waals surface area contributed by atoms with Gasteiger partial charge in [0.2, 0.25) is 11.3 Å². The van der Waals surface area contributed by atoms with Crippen molar-refractivity contribution in [2.75, 3.05) is 23.3 Å². The lowest BCUT2D eigenvalue weighted by Gasteiger charge is -2.32. The van der Waals surface area contributed by atoms with E-state index in [4.69, 9.17) is 0 Å². The summed E-state index contributed by atoms with van der Waals surface area (Å²) in [6.07, 6.45) is 4.11. The summed E-state index contributed by atoms with van der Waals surface area (Å²) in [5, 5.41) is 13.8. The first kappa shape index (κ1) is 16.7. The Kier molecular flexibility index (Phi) is 4.78. The first-order valence-corrected chi connectivity index (χ1v) is 8.02. The fraction of sp³-hybridized carbons (Fsp3) is 0.294. The Morgan fingerprint density at radius 2 is 1.96 bits per heavy atom. The molecule has 1 fully saturated rings. The number of piperidine rings is 1. The van der Waals surface area contributed by atoms with Gasteiger partial charge in [-0.3, -0.25) is 19.7 Å². The Bertz CT molecular complexity index is 840. The minimum absolute atomic E-state index is 0.0706. The molecule has 8 heteroatoms. The third kappa shape index (κ3) is 3.68. The lowest BCUT2D eigenvalue weighted by atomic mass is 9.95. The topological polar surface area (TPSA) is 108 Å². The molecule has 0 saturated carbocycles. The van der Waals surface area contributed by atoms with Crippen LogP contribution in [0.2, 0.25) is 0 Å². The number of benzene rings is 1. The number of aromatic amines is 1. The van der Waals surface area contributed by atoms with E-state index in [0.717, 1.165) is 0 Å². The van der Waals surface area contributed by atoms with Crippen molar-refractivity contribution < 1.29 is 9.72 Å². The number of carbonyl (C=O) groups excluding carboxylic acids is 1. The summed E-state index contributed by atoms with van der Waals surface area (Å²) in [7, 11) is 0. The molecule has 0 aliphatic carbocycles. The maximum Gasteiger partial charge on any atom is 0.292 e. The van der Waals surface area contributed by atoms with E-state index < -0.39 is 4.92 Å². The summed E-state index contributed by atoms with van der Waals surface area (Å²) in [6.45, 7) is 1.10. The predicted octanol–water partition coefficient (Wildman–Crippen LogP) is 2.14. The first-order valence-electron chi connectivity index (χ1n) is 8.02. The number of rotatable bonds is 4. The van der Waals surface area contributed by atoms with Gasteiger partial charge in [-0.15, -0.1) is 0 Å². The second-order valence-corrected chi connectivity index (χ2v) is 5.92. The largest absolute Gasteiger partial charge is 0.366 e. The van der Waals surface area contributed by atoms with E-state index >= 15 is 0 Å².